The molecule has 4 rings (SSSR count). The molecule has 1 heterocycles. The highest BCUT2D eigenvalue weighted by molar-refractivity contribution is 5.91. The summed E-state index contributed by atoms with van der Waals surface area (Å²) in [7, 11) is 1.90. The van der Waals surface area contributed by atoms with E-state index in [4.69, 9.17) is 14.7 Å². The molecule has 1 aliphatic heterocycles. The first-order valence-electron chi connectivity index (χ1n) is 14.2. The summed E-state index contributed by atoms with van der Waals surface area (Å²) in [6.45, 7) is 0.806. The monoisotopic (exact) mass is 593 g/mol. The van der Waals surface area contributed by atoms with Gasteiger partial charge in [-0.3, -0.25) is 14.8 Å². The van der Waals surface area contributed by atoms with Crippen LogP contribution in [0, 0.1) is 0 Å². The molecule has 1 saturated heterocycles. The summed E-state index contributed by atoms with van der Waals surface area (Å²) in [6, 6.07) is 21.3. The van der Waals surface area contributed by atoms with Crippen molar-refractivity contribution in [2.75, 3.05) is 25.5 Å². The van der Waals surface area contributed by atoms with Gasteiger partial charge in [-0.1, -0.05) is 48.5 Å². The third-order valence-corrected chi connectivity index (χ3v) is 7.27. The number of aromatic hydroxyl groups is 1. The van der Waals surface area contributed by atoms with Gasteiger partial charge in [0.25, 0.3) is 0 Å². The summed E-state index contributed by atoms with van der Waals surface area (Å²) >= 11 is 0. The number of nitrogens with one attached hydrogen (secondary N) is 2. The van der Waals surface area contributed by atoms with E-state index in [1.165, 1.54) is 0 Å². The molecule has 3 aromatic rings. The molecule has 230 valence electrons. The minimum Gasteiger partial charge on any atom is -0.508 e. The molecular weight excluding hydrogens is 554 g/mol. The average Bonchev–Trinajstić information content (AvgIpc) is 3.01. The highest BCUT2D eigenvalue weighted by Crippen LogP contribution is 2.38. The first-order valence-corrected chi connectivity index (χ1v) is 14.2. The Kier molecular flexibility index (Phi) is 11.6. The molecule has 0 aliphatic carbocycles. The Morgan fingerprint density at radius 1 is 0.977 bits per heavy atom. The Morgan fingerprint density at radius 2 is 1.67 bits per heavy atom. The lowest BCUT2D eigenvalue weighted by molar-refractivity contribution is -0.252. The van der Waals surface area contributed by atoms with Crippen molar-refractivity contribution >= 4 is 17.5 Å². The van der Waals surface area contributed by atoms with E-state index in [2.05, 4.69) is 5.32 Å². The minimum atomic E-state index is -0.788. The second-order valence-electron chi connectivity index (χ2n) is 10.7. The van der Waals surface area contributed by atoms with Crippen LogP contribution < -0.4 is 10.8 Å². The van der Waals surface area contributed by atoms with E-state index in [1.807, 2.05) is 48.3 Å². The number of hydrogen-bond donors (Lipinski definition) is 6. The number of carbonyl (C=O) groups excluding carboxylic acids is 2. The normalized spacial score (nSPS) is 19.1. The molecule has 43 heavy (non-hydrogen) atoms. The van der Waals surface area contributed by atoms with Crippen LogP contribution in [0.25, 0.3) is 0 Å². The SMILES string of the molecule is CN(CC1CC(c2ccc(CO)cc2)OC(c2ccc(NC(=O)CCCC(=O)NO)cc2)O1)CC(O)c1cccc(O)c1. The van der Waals surface area contributed by atoms with Crippen molar-refractivity contribution < 1.29 is 39.6 Å². The standard InChI is InChI=1S/C32H39N3O8/c1-35(19-28(38)24-4-2-5-26(37)16-24)18-27-17-29(22-10-8-21(20-36)9-11-22)43-32(42-27)23-12-14-25(15-13-23)33-30(39)6-3-7-31(40)34-41/h2,4-5,8-16,27-29,32,36-38,41H,3,6-7,17-20H2,1H3,(H,33,39)(H,34,40). The number of phenols is 1. The van der Waals surface area contributed by atoms with Gasteiger partial charge in [-0.15, -0.1) is 0 Å². The number of anilines is 1. The predicted molar refractivity (Wildman–Crippen MR) is 158 cm³/mol. The van der Waals surface area contributed by atoms with Gasteiger partial charge in [-0.05, 0) is 54.4 Å². The van der Waals surface area contributed by atoms with E-state index in [9.17, 15) is 24.9 Å². The summed E-state index contributed by atoms with van der Waals surface area (Å²) in [6.07, 6.45) is -0.929. The maximum Gasteiger partial charge on any atom is 0.243 e. The lowest BCUT2D eigenvalue weighted by Gasteiger charge is -2.38. The van der Waals surface area contributed by atoms with Gasteiger partial charge in [0, 0.05) is 43.6 Å². The van der Waals surface area contributed by atoms with Crippen molar-refractivity contribution in [1.82, 2.24) is 10.4 Å². The lowest BCUT2D eigenvalue weighted by atomic mass is 9.99. The molecule has 0 saturated carbocycles. The zero-order valence-electron chi connectivity index (χ0n) is 24.1. The van der Waals surface area contributed by atoms with E-state index in [-0.39, 0.29) is 43.3 Å². The van der Waals surface area contributed by atoms with E-state index < -0.39 is 18.3 Å². The number of nitrogens with zero attached hydrogens (tertiary/aromatic N) is 1. The molecule has 2 amide bonds. The molecule has 0 spiro atoms. The van der Waals surface area contributed by atoms with Crippen LogP contribution in [0.5, 0.6) is 5.75 Å². The highest BCUT2D eigenvalue weighted by atomic mass is 16.7. The van der Waals surface area contributed by atoms with E-state index >= 15 is 0 Å². The molecule has 0 radical (unpaired) electrons. The number of likely N-dealkylation sites (N-methyl/N-ethyl adjacent to an activating group) is 1. The fourth-order valence-corrected chi connectivity index (χ4v) is 5.00. The van der Waals surface area contributed by atoms with Gasteiger partial charge in [-0.25, -0.2) is 5.48 Å². The fraction of sp³-hybridized carbons (Fsp3) is 0.375. The summed E-state index contributed by atoms with van der Waals surface area (Å²) in [5.41, 5.74) is 5.29. The van der Waals surface area contributed by atoms with Crippen molar-refractivity contribution in [2.24, 2.45) is 0 Å². The molecule has 11 nitrogen and oxygen atoms in total. The Bertz CT molecular complexity index is 1340. The Balaban J connectivity index is 1.42. The van der Waals surface area contributed by atoms with Crippen molar-refractivity contribution in [3.8, 4) is 5.75 Å². The van der Waals surface area contributed by atoms with Crippen LogP contribution in [0.15, 0.2) is 72.8 Å². The van der Waals surface area contributed by atoms with Crippen molar-refractivity contribution in [2.45, 2.75) is 56.9 Å². The summed E-state index contributed by atoms with van der Waals surface area (Å²) in [5.74, 6) is -0.682. The smallest absolute Gasteiger partial charge is 0.243 e. The number of ether oxygens (including phenoxy) is 2. The summed E-state index contributed by atoms with van der Waals surface area (Å²) in [5, 5.41) is 41.3. The number of aliphatic hydroxyl groups excluding tert-OH is 2. The number of aliphatic hydroxyl groups is 2. The molecule has 1 fully saturated rings. The zero-order valence-corrected chi connectivity index (χ0v) is 24.1. The van der Waals surface area contributed by atoms with Crippen LogP contribution in [-0.2, 0) is 25.7 Å². The first kappa shape index (κ1) is 32.1. The van der Waals surface area contributed by atoms with E-state index in [0.29, 0.717) is 37.2 Å². The summed E-state index contributed by atoms with van der Waals surface area (Å²) in [4.78, 5) is 25.4. The highest BCUT2D eigenvalue weighted by Gasteiger charge is 2.33. The number of phenolic OH excluding ortho intramolecular Hbond substituents is 1. The summed E-state index contributed by atoms with van der Waals surface area (Å²) < 4.78 is 12.8. The number of hydroxylamine groups is 1. The molecule has 11 heteroatoms. The maximum atomic E-state index is 12.2. The molecule has 6 N–H and O–H groups in total. The molecule has 0 bridgehead atoms. The first-order chi connectivity index (χ1) is 20.7. The van der Waals surface area contributed by atoms with Gasteiger partial charge < -0.3 is 35.0 Å². The van der Waals surface area contributed by atoms with Gasteiger partial charge in [0.2, 0.25) is 11.8 Å². The molecule has 1 aliphatic rings. The topological polar surface area (TPSA) is 161 Å². The van der Waals surface area contributed by atoms with Crippen molar-refractivity contribution in [3.05, 3.63) is 95.1 Å². The van der Waals surface area contributed by atoms with E-state index in [1.54, 1.807) is 41.9 Å². The maximum absolute atomic E-state index is 12.2. The van der Waals surface area contributed by atoms with Crippen LogP contribution in [0.3, 0.4) is 0 Å². The van der Waals surface area contributed by atoms with Crippen LogP contribution >= 0.6 is 0 Å². The van der Waals surface area contributed by atoms with Crippen molar-refractivity contribution in [3.63, 3.8) is 0 Å². The second kappa shape index (κ2) is 15.6. The molecular formula is C32H39N3O8. The zero-order chi connectivity index (χ0) is 30.8. The minimum absolute atomic E-state index is 0.0483. The Morgan fingerprint density at radius 3 is 2.35 bits per heavy atom. The molecule has 4 atom stereocenters. The molecule has 3 aromatic carbocycles. The van der Waals surface area contributed by atoms with Gasteiger partial charge >= 0.3 is 0 Å². The Labute approximate surface area is 250 Å². The fourth-order valence-electron chi connectivity index (χ4n) is 5.00. The molecule has 0 aromatic heterocycles. The Hall–Kier alpha value is -3.84. The largest absolute Gasteiger partial charge is 0.508 e. The molecule has 4 unspecified atom stereocenters. The number of benzene rings is 3. The van der Waals surface area contributed by atoms with Crippen LogP contribution in [0.1, 0.15) is 66.4 Å². The van der Waals surface area contributed by atoms with Crippen LogP contribution in [0.4, 0.5) is 5.69 Å². The van der Waals surface area contributed by atoms with Crippen molar-refractivity contribution in [1.29, 1.82) is 0 Å². The quantitative estimate of drug-likeness (QED) is 0.128. The number of amides is 2. The second-order valence-corrected chi connectivity index (χ2v) is 10.7. The van der Waals surface area contributed by atoms with Gasteiger partial charge in [-0.2, -0.15) is 0 Å². The predicted octanol–water partition coefficient (Wildman–Crippen LogP) is 3.71. The van der Waals surface area contributed by atoms with Crippen LogP contribution in [-0.4, -0.2) is 63.5 Å². The number of carbonyl (C=O) groups is 2. The van der Waals surface area contributed by atoms with Gasteiger partial charge in [0.15, 0.2) is 6.29 Å². The third kappa shape index (κ3) is 9.58. The number of hydrogen-bond acceptors (Lipinski definition) is 9. The van der Waals surface area contributed by atoms with Gasteiger partial charge in [0.1, 0.15) is 5.75 Å². The van der Waals surface area contributed by atoms with E-state index in [0.717, 1.165) is 16.7 Å². The number of rotatable bonds is 13. The lowest BCUT2D eigenvalue weighted by Crippen LogP contribution is -2.39. The van der Waals surface area contributed by atoms with Gasteiger partial charge in [0.05, 0.1) is 24.9 Å². The third-order valence-electron chi connectivity index (χ3n) is 7.27. The van der Waals surface area contributed by atoms with Crippen LogP contribution in [0.2, 0.25) is 0 Å². The average molecular weight is 594 g/mol.